The van der Waals surface area contributed by atoms with Gasteiger partial charge in [-0.25, -0.2) is 4.98 Å². The molecule has 2 saturated carbocycles. The molecule has 7 nitrogen and oxygen atoms in total. The van der Waals surface area contributed by atoms with E-state index in [9.17, 15) is 9.90 Å². The van der Waals surface area contributed by atoms with Crippen molar-refractivity contribution in [2.75, 3.05) is 20.2 Å². The van der Waals surface area contributed by atoms with Crippen LogP contribution in [0.3, 0.4) is 0 Å². The predicted molar refractivity (Wildman–Crippen MR) is 86.0 cm³/mol. The van der Waals surface area contributed by atoms with Gasteiger partial charge in [0.2, 0.25) is 5.91 Å². The van der Waals surface area contributed by atoms with Crippen LogP contribution in [-0.2, 0) is 16.1 Å². The molecule has 0 bridgehead atoms. The molecule has 2 N–H and O–H groups in total. The second-order valence-electron chi connectivity index (χ2n) is 7.73. The average Bonchev–Trinajstić information content (AvgIpc) is 3.10. The van der Waals surface area contributed by atoms with Crippen molar-refractivity contribution in [1.29, 1.82) is 0 Å². The van der Waals surface area contributed by atoms with E-state index in [2.05, 4.69) is 15.2 Å². The van der Waals surface area contributed by atoms with Crippen molar-refractivity contribution < 1.29 is 14.6 Å². The lowest BCUT2D eigenvalue weighted by molar-refractivity contribution is -0.139. The Kier molecular flexibility index (Phi) is 4.08. The normalized spacial score (nSPS) is 28.8. The highest BCUT2D eigenvalue weighted by Crippen LogP contribution is 2.47. The Morgan fingerprint density at radius 3 is 2.83 bits per heavy atom. The molecule has 1 aromatic heterocycles. The molecule has 2 heterocycles. The fourth-order valence-corrected chi connectivity index (χ4v) is 4.14. The van der Waals surface area contributed by atoms with Gasteiger partial charge in [0.1, 0.15) is 6.61 Å². The number of amides is 1. The van der Waals surface area contributed by atoms with Gasteiger partial charge in [0, 0.05) is 26.1 Å². The second kappa shape index (κ2) is 6.11. The molecule has 0 unspecified atom stereocenters. The number of rotatable bonds is 6. The Labute approximate surface area is 141 Å². The number of aromatic amines is 1. The van der Waals surface area contributed by atoms with Crippen LogP contribution in [-0.4, -0.2) is 56.9 Å². The van der Waals surface area contributed by atoms with Crippen molar-refractivity contribution in [3.05, 3.63) is 11.6 Å². The van der Waals surface area contributed by atoms with E-state index in [-0.39, 0.29) is 18.2 Å². The summed E-state index contributed by atoms with van der Waals surface area (Å²) in [6, 6.07) is 0. The van der Waals surface area contributed by atoms with Crippen molar-refractivity contribution in [2.24, 2.45) is 11.8 Å². The third kappa shape index (κ3) is 3.07. The van der Waals surface area contributed by atoms with Crippen LogP contribution in [0.1, 0.15) is 56.1 Å². The van der Waals surface area contributed by atoms with E-state index in [1.165, 1.54) is 12.8 Å². The molecular formula is C17H26N4O3. The van der Waals surface area contributed by atoms with Gasteiger partial charge in [-0.15, -0.1) is 0 Å². The molecule has 24 heavy (non-hydrogen) atoms. The fraction of sp³-hybridized carbons (Fsp3) is 0.824. The van der Waals surface area contributed by atoms with Gasteiger partial charge in [0.25, 0.3) is 0 Å². The van der Waals surface area contributed by atoms with Crippen LogP contribution >= 0.6 is 0 Å². The summed E-state index contributed by atoms with van der Waals surface area (Å²) in [7, 11) is 1.64. The summed E-state index contributed by atoms with van der Waals surface area (Å²) in [5, 5.41) is 17.6. The Bertz CT molecular complexity index is 609. The second-order valence-corrected chi connectivity index (χ2v) is 7.73. The van der Waals surface area contributed by atoms with E-state index in [1.807, 2.05) is 4.90 Å². The van der Waals surface area contributed by atoms with Crippen LogP contribution in [0.2, 0.25) is 0 Å². The number of aromatic nitrogens is 3. The van der Waals surface area contributed by atoms with Gasteiger partial charge in [-0.2, -0.15) is 5.10 Å². The average molecular weight is 334 g/mol. The fourth-order valence-electron chi connectivity index (χ4n) is 4.14. The van der Waals surface area contributed by atoms with Crippen molar-refractivity contribution >= 4 is 5.91 Å². The van der Waals surface area contributed by atoms with Gasteiger partial charge >= 0.3 is 0 Å². The lowest BCUT2D eigenvalue weighted by atomic mass is 9.77. The van der Waals surface area contributed by atoms with Gasteiger partial charge in [-0.1, -0.05) is 0 Å². The number of carbonyl (C=O) groups excluding carboxylic acids is 1. The van der Waals surface area contributed by atoms with E-state index in [0.29, 0.717) is 25.0 Å². The monoisotopic (exact) mass is 334 g/mol. The van der Waals surface area contributed by atoms with Crippen molar-refractivity contribution in [1.82, 2.24) is 20.1 Å². The Morgan fingerprint density at radius 1 is 1.42 bits per heavy atom. The third-order valence-corrected chi connectivity index (χ3v) is 5.87. The number of nitrogens with zero attached hydrogens (tertiary/aromatic N) is 3. The first-order valence-corrected chi connectivity index (χ1v) is 8.98. The highest BCUT2D eigenvalue weighted by Gasteiger charge is 2.47. The first kappa shape index (κ1) is 16.0. The molecule has 3 fully saturated rings. The molecule has 1 amide bonds. The number of nitrogens with one attached hydrogen (secondary N) is 1. The summed E-state index contributed by atoms with van der Waals surface area (Å²) in [6.07, 6.45) is 5.27. The Balaban J connectivity index is 1.46. The van der Waals surface area contributed by atoms with E-state index in [1.54, 1.807) is 7.11 Å². The van der Waals surface area contributed by atoms with Crippen molar-refractivity contribution in [2.45, 2.75) is 56.7 Å². The molecule has 1 aliphatic heterocycles. The van der Waals surface area contributed by atoms with Crippen molar-refractivity contribution in [3.63, 3.8) is 0 Å². The summed E-state index contributed by atoms with van der Waals surface area (Å²) in [4.78, 5) is 19.1. The highest BCUT2D eigenvalue weighted by molar-refractivity contribution is 5.78. The van der Waals surface area contributed by atoms with Gasteiger partial charge < -0.3 is 14.7 Å². The Morgan fingerprint density at radius 2 is 2.21 bits per heavy atom. The zero-order valence-corrected chi connectivity index (χ0v) is 14.2. The van der Waals surface area contributed by atoms with E-state index < -0.39 is 5.60 Å². The largest absolute Gasteiger partial charge is 0.389 e. The molecule has 2 atom stereocenters. The van der Waals surface area contributed by atoms with Crippen LogP contribution < -0.4 is 0 Å². The molecule has 1 aromatic rings. The Hall–Kier alpha value is -1.47. The van der Waals surface area contributed by atoms with E-state index >= 15 is 0 Å². The number of carbonyl (C=O) groups is 1. The number of likely N-dealkylation sites (tertiary alicyclic amines) is 1. The zero-order chi connectivity index (χ0) is 16.7. The highest BCUT2D eigenvalue weighted by atomic mass is 16.5. The topological polar surface area (TPSA) is 91.3 Å². The summed E-state index contributed by atoms with van der Waals surface area (Å²) >= 11 is 0. The summed E-state index contributed by atoms with van der Waals surface area (Å²) in [5.41, 5.74) is -0.750. The molecule has 0 radical (unpaired) electrons. The van der Waals surface area contributed by atoms with Crippen molar-refractivity contribution in [3.8, 4) is 0 Å². The summed E-state index contributed by atoms with van der Waals surface area (Å²) < 4.78 is 5.10. The third-order valence-electron chi connectivity index (χ3n) is 5.87. The van der Waals surface area contributed by atoms with Crippen LogP contribution in [0.4, 0.5) is 0 Å². The van der Waals surface area contributed by atoms with Gasteiger partial charge in [-0.05, 0) is 43.9 Å². The lowest BCUT2D eigenvalue weighted by Crippen LogP contribution is -2.43. The zero-order valence-electron chi connectivity index (χ0n) is 14.2. The molecule has 0 spiro atoms. The molecule has 3 aliphatic rings. The van der Waals surface area contributed by atoms with Crippen LogP contribution in [0, 0.1) is 11.8 Å². The summed E-state index contributed by atoms with van der Waals surface area (Å²) in [6.45, 7) is 1.86. The standard InChI is InChI=1S/C17H26N4O3/c1-24-10-14-18-16(20-19-14)13-9-21(8-12(13)11-3-4-11)15(22)7-17(23)5-2-6-17/h11-13,23H,2-10H2,1H3,(H,18,19,20)/t12-,13+/m1/s1. The minimum Gasteiger partial charge on any atom is -0.389 e. The number of ether oxygens (including phenoxy) is 1. The number of H-pyrrole nitrogens is 1. The van der Waals surface area contributed by atoms with E-state index in [4.69, 9.17) is 4.74 Å². The quantitative estimate of drug-likeness (QED) is 0.816. The van der Waals surface area contributed by atoms with Crippen LogP contribution in [0.25, 0.3) is 0 Å². The summed E-state index contributed by atoms with van der Waals surface area (Å²) in [5.74, 6) is 2.93. The molecule has 132 valence electrons. The molecule has 1 saturated heterocycles. The lowest BCUT2D eigenvalue weighted by Gasteiger charge is -2.37. The molecule has 4 rings (SSSR count). The first-order chi connectivity index (χ1) is 11.6. The van der Waals surface area contributed by atoms with Crippen LogP contribution in [0.15, 0.2) is 0 Å². The molecule has 2 aliphatic carbocycles. The van der Waals surface area contributed by atoms with Gasteiger partial charge in [0.05, 0.1) is 12.0 Å². The maximum absolute atomic E-state index is 12.6. The number of hydrogen-bond donors (Lipinski definition) is 2. The van der Waals surface area contributed by atoms with Gasteiger partial charge in [0.15, 0.2) is 11.6 Å². The first-order valence-electron chi connectivity index (χ1n) is 8.98. The minimum absolute atomic E-state index is 0.0815. The molecule has 7 heteroatoms. The van der Waals surface area contributed by atoms with E-state index in [0.717, 1.165) is 37.5 Å². The van der Waals surface area contributed by atoms with Gasteiger partial charge in [-0.3, -0.25) is 9.89 Å². The maximum Gasteiger partial charge on any atom is 0.225 e. The smallest absolute Gasteiger partial charge is 0.225 e. The molecular weight excluding hydrogens is 308 g/mol. The SMILES string of the molecule is COCc1nc([C@H]2CN(C(=O)CC3(O)CCC3)C[C@@H]2C2CC2)n[nH]1. The number of aliphatic hydroxyl groups is 1. The van der Waals surface area contributed by atoms with Crippen LogP contribution in [0.5, 0.6) is 0 Å². The number of methoxy groups -OCH3 is 1. The maximum atomic E-state index is 12.6. The molecule has 0 aromatic carbocycles. The predicted octanol–water partition coefficient (Wildman–Crippen LogP) is 1.21. The minimum atomic E-state index is -0.750. The number of hydrogen-bond acceptors (Lipinski definition) is 5.